The highest BCUT2D eigenvalue weighted by molar-refractivity contribution is 9.10. The molecule has 0 saturated heterocycles. The summed E-state index contributed by atoms with van der Waals surface area (Å²) < 4.78 is 5.28. The van der Waals surface area contributed by atoms with Crippen molar-refractivity contribution in [1.29, 1.82) is 0 Å². The van der Waals surface area contributed by atoms with Gasteiger partial charge in [0, 0.05) is 34.2 Å². The lowest BCUT2D eigenvalue weighted by Gasteiger charge is -2.09. The fourth-order valence-electron chi connectivity index (χ4n) is 2.81. The fraction of sp³-hybridized carbons (Fsp3) is 0.167. The number of aromatic nitrogens is 3. The van der Waals surface area contributed by atoms with Gasteiger partial charge in [0.2, 0.25) is 0 Å². The topological polar surface area (TPSA) is 64.2 Å². The van der Waals surface area contributed by atoms with Gasteiger partial charge < -0.3 is 4.57 Å². The van der Waals surface area contributed by atoms with Gasteiger partial charge in [-0.1, -0.05) is 22.0 Å². The van der Waals surface area contributed by atoms with Crippen LogP contribution in [-0.2, 0) is 7.05 Å². The fourth-order valence-corrected chi connectivity index (χ4v) is 3.73. The minimum Gasteiger partial charge on any atom is -0.318 e. The van der Waals surface area contributed by atoms with Gasteiger partial charge in [0.15, 0.2) is 0 Å². The zero-order chi connectivity index (χ0) is 18.8. The molecule has 134 valence electrons. The van der Waals surface area contributed by atoms with E-state index in [1.54, 1.807) is 19.5 Å². The van der Waals surface area contributed by atoms with E-state index in [-0.39, 0.29) is 5.91 Å². The van der Waals surface area contributed by atoms with Gasteiger partial charge in [-0.25, -0.2) is 5.43 Å². The first-order chi connectivity index (χ1) is 12.4. The van der Waals surface area contributed by atoms with Gasteiger partial charge >= 0.3 is 0 Å². The van der Waals surface area contributed by atoms with Crippen molar-refractivity contribution < 1.29 is 4.79 Å². The molecule has 0 fully saturated rings. The number of carbonyl (C=O) groups excluding carboxylic acids is 1. The summed E-state index contributed by atoms with van der Waals surface area (Å²) in [6.45, 7) is 4.06. The van der Waals surface area contributed by atoms with Crippen molar-refractivity contribution in [3.63, 3.8) is 0 Å². The highest BCUT2D eigenvalue weighted by Gasteiger charge is 2.14. The lowest BCUT2D eigenvalue weighted by atomic mass is 10.2. The molecule has 0 atom stereocenters. The molecule has 3 rings (SSSR count). The second-order valence-electron chi connectivity index (χ2n) is 5.81. The van der Waals surface area contributed by atoms with Crippen LogP contribution in [0.5, 0.6) is 0 Å². The second kappa shape index (κ2) is 7.59. The largest absolute Gasteiger partial charge is 0.318 e. The molecule has 0 radical (unpaired) electrons. The van der Waals surface area contributed by atoms with E-state index in [0.29, 0.717) is 10.2 Å². The third-order valence-corrected chi connectivity index (χ3v) is 5.09. The Labute approximate surface area is 168 Å². The third-order valence-electron chi connectivity index (χ3n) is 4.02. The number of aryl methyl sites for hydroxylation is 2. The molecule has 2 heterocycles. The van der Waals surface area contributed by atoms with Gasteiger partial charge in [0.05, 0.1) is 16.9 Å². The number of nitrogens with one attached hydrogen (secondary N) is 1. The standard InChI is InChI=1S/C18H17Br2N5O/c1-11-7-13(12(2)25(11)15-6-4-5-14(19)8-15)9-21-23-18(26)17-16(20)10-22-24(17)3/h4-10H,1-3H3,(H,23,26)/b21-9+. The normalized spacial score (nSPS) is 11.3. The molecule has 0 aliphatic heterocycles. The Hall–Kier alpha value is -2.19. The van der Waals surface area contributed by atoms with Crippen LogP contribution in [0, 0.1) is 13.8 Å². The number of halogens is 2. The third kappa shape index (κ3) is 3.66. The highest BCUT2D eigenvalue weighted by atomic mass is 79.9. The molecule has 3 aromatic rings. The van der Waals surface area contributed by atoms with Crippen molar-refractivity contribution >= 4 is 44.0 Å². The smallest absolute Gasteiger partial charge is 0.290 e. The second-order valence-corrected chi connectivity index (χ2v) is 7.58. The first-order valence-electron chi connectivity index (χ1n) is 7.84. The maximum Gasteiger partial charge on any atom is 0.290 e. The van der Waals surface area contributed by atoms with Crippen molar-refractivity contribution in [2.45, 2.75) is 13.8 Å². The van der Waals surface area contributed by atoms with Gasteiger partial charge in [0.1, 0.15) is 5.69 Å². The Kier molecular flexibility index (Phi) is 5.43. The maximum atomic E-state index is 12.2. The number of carbonyl (C=O) groups is 1. The molecule has 2 aromatic heterocycles. The highest BCUT2D eigenvalue weighted by Crippen LogP contribution is 2.22. The van der Waals surface area contributed by atoms with E-state index in [9.17, 15) is 4.79 Å². The average molecular weight is 479 g/mol. The zero-order valence-electron chi connectivity index (χ0n) is 14.5. The molecule has 1 amide bonds. The summed E-state index contributed by atoms with van der Waals surface area (Å²) in [6, 6.07) is 10.1. The number of amides is 1. The van der Waals surface area contributed by atoms with E-state index in [1.807, 2.05) is 38.1 Å². The Morgan fingerprint density at radius 3 is 2.69 bits per heavy atom. The van der Waals surface area contributed by atoms with Crippen LogP contribution in [0.25, 0.3) is 5.69 Å². The summed E-state index contributed by atoms with van der Waals surface area (Å²) in [5.74, 6) is -0.325. The molecule has 0 unspecified atom stereocenters. The number of hydrazone groups is 1. The number of benzene rings is 1. The maximum absolute atomic E-state index is 12.2. The Morgan fingerprint density at radius 1 is 1.27 bits per heavy atom. The van der Waals surface area contributed by atoms with Crippen LogP contribution in [0.4, 0.5) is 0 Å². The van der Waals surface area contributed by atoms with Crippen molar-refractivity contribution in [3.8, 4) is 5.69 Å². The molecule has 1 aromatic carbocycles. The summed E-state index contributed by atoms with van der Waals surface area (Å²) in [4.78, 5) is 12.2. The summed E-state index contributed by atoms with van der Waals surface area (Å²) in [5, 5.41) is 8.12. The molecule has 1 N–H and O–H groups in total. The lowest BCUT2D eigenvalue weighted by molar-refractivity contribution is 0.0945. The average Bonchev–Trinajstić information content (AvgIpc) is 3.06. The summed E-state index contributed by atoms with van der Waals surface area (Å²) in [5.41, 5.74) is 7.09. The van der Waals surface area contributed by atoms with Crippen LogP contribution < -0.4 is 5.43 Å². The molecule has 0 aliphatic rings. The number of hydrogen-bond acceptors (Lipinski definition) is 3. The first-order valence-corrected chi connectivity index (χ1v) is 9.43. The van der Waals surface area contributed by atoms with Crippen LogP contribution in [0.1, 0.15) is 27.4 Å². The Morgan fingerprint density at radius 2 is 2.04 bits per heavy atom. The molecule has 0 aliphatic carbocycles. The molecule has 8 heteroatoms. The zero-order valence-corrected chi connectivity index (χ0v) is 17.7. The van der Waals surface area contributed by atoms with Crippen LogP contribution in [0.2, 0.25) is 0 Å². The quantitative estimate of drug-likeness (QED) is 0.452. The first kappa shape index (κ1) is 18.6. The van der Waals surface area contributed by atoms with Gasteiger partial charge in [-0.3, -0.25) is 9.48 Å². The van der Waals surface area contributed by atoms with Gasteiger partial charge in [-0.15, -0.1) is 0 Å². The monoisotopic (exact) mass is 477 g/mol. The summed E-state index contributed by atoms with van der Waals surface area (Å²) in [6.07, 6.45) is 3.23. The predicted octanol–water partition coefficient (Wildman–Crippen LogP) is 4.12. The SMILES string of the molecule is Cc1cc(/C=N/NC(=O)c2c(Br)cnn2C)c(C)n1-c1cccc(Br)c1. The molecule has 26 heavy (non-hydrogen) atoms. The van der Waals surface area contributed by atoms with Crippen LogP contribution >= 0.6 is 31.9 Å². The van der Waals surface area contributed by atoms with Crippen LogP contribution in [0.15, 0.2) is 50.6 Å². The van der Waals surface area contributed by atoms with Gasteiger partial charge in [0.25, 0.3) is 5.91 Å². The van der Waals surface area contributed by atoms with Crippen LogP contribution in [-0.4, -0.2) is 26.5 Å². The van der Waals surface area contributed by atoms with E-state index in [4.69, 9.17) is 0 Å². The van der Waals surface area contributed by atoms with Gasteiger partial charge in [-0.2, -0.15) is 10.2 Å². The van der Waals surface area contributed by atoms with Crippen molar-refractivity contribution in [1.82, 2.24) is 19.8 Å². The van der Waals surface area contributed by atoms with Crippen molar-refractivity contribution in [2.75, 3.05) is 0 Å². The van der Waals surface area contributed by atoms with Crippen molar-refractivity contribution in [2.24, 2.45) is 12.1 Å². The van der Waals surface area contributed by atoms with E-state index in [1.165, 1.54) is 4.68 Å². The molecule has 0 spiro atoms. The van der Waals surface area contributed by atoms with Gasteiger partial charge in [-0.05, 0) is 54.0 Å². The Bertz CT molecular complexity index is 984. The van der Waals surface area contributed by atoms with E-state index in [0.717, 1.165) is 27.1 Å². The van der Waals surface area contributed by atoms with E-state index < -0.39 is 0 Å². The van der Waals surface area contributed by atoms with E-state index >= 15 is 0 Å². The lowest BCUT2D eigenvalue weighted by Crippen LogP contribution is -2.21. The minimum absolute atomic E-state index is 0.325. The van der Waals surface area contributed by atoms with Crippen LogP contribution in [0.3, 0.4) is 0 Å². The predicted molar refractivity (Wildman–Crippen MR) is 109 cm³/mol. The van der Waals surface area contributed by atoms with E-state index in [2.05, 4.69) is 58.1 Å². The summed E-state index contributed by atoms with van der Waals surface area (Å²) in [7, 11) is 1.70. The molecule has 0 bridgehead atoms. The molecule has 0 saturated carbocycles. The number of rotatable bonds is 4. The molecular formula is C18H17Br2N5O. The Balaban J connectivity index is 1.82. The molecule has 6 nitrogen and oxygen atoms in total. The van der Waals surface area contributed by atoms with Crippen molar-refractivity contribution in [3.05, 3.63) is 68.1 Å². The number of hydrogen-bond donors (Lipinski definition) is 1. The number of nitrogens with zero attached hydrogens (tertiary/aromatic N) is 4. The molecular weight excluding hydrogens is 462 g/mol. The minimum atomic E-state index is -0.325. The summed E-state index contributed by atoms with van der Waals surface area (Å²) >= 11 is 6.81.